The molecule has 0 aliphatic heterocycles. The molecule has 3 aromatic rings. The third-order valence-corrected chi connectivity index (χ3v) is 4.85. The first kappa shape index (κ1) is 23.6. The average molecular weight is 480 g/mol. The van der Waals surface area contributed by atoms with Gasteiger partial charge in [-0.05, 0) is 49.4 Å². The molecular formula is C22H20Cl2FN3O4. The topological polar surface area (TPSA) is 82.5 Å². The van der Waals surface area contributed by atoms with Crippen molar-refractivity contribution in [2.45, 2.75) is 13.5 Å². The Labute approximate surface area is 193 Å². The van der Waals surface area contributed by atoms with Gasteiger partial charge in [0.2, 0.25) is 0 Å². The van der Waals surface area contributed by atoms with E-state index in [0.717, 1.165) is 23.4 Å². The van der Waals surface area contributed by atoms with E-state index < -0.39 is 11.7 Å². The SMILES string of the molecule is CCOc1ccc(-c2ccc(=O)n(CCNC(=O)COc3c(Cl)cc(F)cc3Cl)n2)cc1. The second-order valence-electron chi connectivity index (χ2n) is 6.57. The van der Waals surface area contributed by atoms with Crippen molar-refractivity contribution in [3.05, 3.63) is 74.7 Å². The number of amides is 1. The Morgan fingerprint density at radius 3 is 2.44 bits per heavy atom. The minimum Gasteiger partial charge on any atom is -0.494 e. The number of carbonyl (C=O) groups excluding carboxylic acids is 1. The second-order valence-corrected chi connectivity index (χ2v) is 7.39. The van der Waals surface area contributed by atoms with Crippen molar-refractivity contribution in [3.63, 3.8) is 0 Å². The molecule has 0 fully saturated rings. The monoisotopic (exact) mass is 479 g/mol. The first-order valence-electron chi connectivity index (χ1n) is 9.73. The molecule has 0 bridgehead atoms. The molecule has 168 valence electrons. The highest BCUT2D eigenvalue weighted by molar-refractivity contribution is 6.37. The number of halogens is 3. The van der Waals surface area contributed by atoms with Gasteiger partial charge in [-0.2, -0.15) is 5.10 Å². The van der Waals surface area contributed by atoms with Gasteiger partial charge in [0.05, 0.1) is 28.9 Å². The third kappa shape index (κ3) is 6.21. The summed E-state index contributed by atoms with van der Waals surface area (Å²) in [7, 11) is 0. The highest BCUT2D eigenvalue weighted by Gasteiger charge is 2.12. The minimum absolute atomic E-state index is 0.0193. The molecule has 1 heterocycles. The van der Waals surface area contributed by atoms with E-state index in [2.05, 4.69) is 10.4 Å². The normalized spacial score (nSPS) is 10.6. The molecule has 0 saturated carbocycles. The lowest BCUT2D eigenvalue weighted by Crippen LogP contribution is -2.34. The molecule has 1 N–H and O–H groups in total. The molecule has 32 heavy (non-hydrogen) atoms. The summed E-state index contributed by atoms with van der Waals surface area (Å²) < 4.78 is 25.2. The molecule has 0 aliphatic rings. The molecule has 1 aromatic heterocycles. The Morgan fingerprint density at radius 2 is 1.78 bits per heavy atom. The standard InChI is InChI=1S/C22H20Cl2FN3O4/c1-2-31-16-5-3-14(4-6-16)19-7-8-21(30)28(27-19)10-9-26-20(29)13-32-22-17(23)11-15(25)12-18(22)24/h3-8,11-12H,2,9-10,13H2,1H3,(H,26,29). The molecule has 0 aliphatic carbocycles. The first-order chi connectivity index (χ1) is 15.4. The van der Waals surface area contributed by atoms with Crippen molar-refractivity contribution in [3.8, 4) is 22.8 Å². The lowest BCUT2D eigenvalue weighted by molar-refractivity contribution is -0.123. The predicted octanol–water partition coefficient (Wildman–Crippen LogP) is 3.95. The van der Waals surface area contributed by atoms with Crippen LogP contribution in [0.15, 0.2) is 53.3 Å². The molecule has 7 nitrogen and oxygen atoms in total. The first-order valence-corrected chi connectivity index (χ1v) is 10.5. The summed E-state index contributed by atoms with van der Waals surface area (Å²) in [5, 5.41) is 6.89. The predicted molar refractivity (Wildman–Crippen MR) is 120 cm³/mol. The molecule has 0 radical (unpaired) electrons. The number of benzene rings is 2. The van der Waals surface area contributed by atoms with Gasteiger partial charge in [-0.3, -0.25) is 9.59 Å². The van der Waals surface area contributed by atoms with Gasteiger partial charge >= 0.3 is 0 Å². The van der Waals surface area contributed by atoms with Gasteiger partial charge in [-0.1, -0.05) is 23.2 Å². The second kappa shape index (κ2) is 11.0. The van der Waals surface area contributed by atoms with Crippen LogP contribution in [-0.2, 0) is 11.3 Å². The van der Waals surface area contributed by atoms with Crippen LogP contribution in [0.25, 0.3) is 11.3 Å². The summed E-state index contributed by atoms with van der Waals surface area (Å²) in [6.07, 6.45) is 0. The molecular weight excluding hydrogens is 460 g/mol. The maximum atomic E-state index is 13.2. The number of ether oxygens (including phenoxy) is 2. The Balaban J connectivity index is 1.56. The summed E-state index contributed by atoms with van der Waals surface area (Å²) in [5.74, 6) is -0.303. The number of nitrogens with one attached hydrogen (secondary N) is 1. The van der Waals surface area contributed by atoms with Crippen LogP contribution in [-0.4, -0.2) is 35.4 Å². The van der Waals surface area contributed by atoms with E-state index in [1.165, 1.54) is 10.7 Å². The van der Waals surface area contributed by atoms with Gasteiger partial charge in [0, 0.05) is 18.2 Å². The van der Waals surface area contributed by atoms with Gasteiger partial charge in [0.15, 0.2) is 12.4 Å². The summed E-state index contributed by atoms with van der Waals surface area (Å²) in [5.41, 5.74) is 1.14. The highest BCUT2D eigenvalue weighted by atomic mass is 35.5. The number of carbonyl (C=O) groups is 1. The quantitative estimate of drug-likeness (QED) is 0.502. The lowest BCUT2D eigenvalue weighted by Gasteiger charge is -2.11. The van der Waals surface area contributed by atoms with Crippen LogP contribution < -0.4 is 20.3 Å². The van der Waals surface area contributed by atoms with Crippen LogP contribution in [0.1, 0.15) is 6.92 Å². The van der Waals surface area contributed by atoms with E-state index in [4.69, 9.17) is 32.7 Å². The van der Waals surface area contributed by atoms with Crippen LogP contribution in [0.4, 0.5) is 4.39 Å². The summed E-state index contributed by atoms with van der Waals surface area (Å²) >= 11 is 11.8. The molecule has 0 unspecified atom stereocenters. The number of rotatable bonds is 9. The van der Waals surface area contributed by atoms with Crippen molar-refractivity contribution in [2.75, 3.05) is 19.8 Å². The van der Waals surface area contributed by atoms with Crippen LogP contribution >= 0.6 is 23.2 Å². The molecule has 1 amide bonds. The maximum Gasteiger partial charge on any atom is 0.266 e. The Bertz CT molecular complexity index is 1130. The van der Waals surface area contributed by atoms with E-state index in [1.807, 2.05) is 31.2 Å². The summed E-state index contributed by atoms with van der Waals surface area (Å²) in [6, 6.07) is 12.5. The van der Waals surface area contributed by atoms with Crippen LogP contribution in [0.2, 0.25) is 10.0 Å². The highest BCUT2D eigenvalue weighted by Crippen LogP contribution is 2.33. The zero-order valence-electron chi connectivity index (χ0n) is 17.1. The molecule has 0 atom stereocenters. The van der Waals surface area contributed by atoms with Crippen molar-refractivity contribution < 1.29 is 18.7 Å². The average Bonchev–Trinajstić information content (AvgIpc) is 2.75. The van der Waals surface area contributed by atoms with Crippen LogP contribution in [0, 0.1) is 5.82 Å². The number of nitrogens with zero attached hydrogens (tertiary/aromatic N) is 2. The number of aromatic nitrogens is 2. The van der Waals surface area contributed by atoms with Gasteiger partial charge < -0.3 is 14.8 Å². The van der Waals surface area contributed by atoms with E-state index in [1.54, 1.807) is 6.07 Å². The molecule has 10 heteroatoms. The Kier molecular flexibility index (Phi) is 8.08. The van der Waals surface area contributed by atoms with E-state index in [-0.39, 0.29) is 41.1 Å². The fraction of sp³-hybridized carbons (Fsp3) is 0.227. The fourth-order valence-corrected chi connectivity index (χ4v) is 3.38. The van der Waals surface area contributed by atoms with Crippen molar-refractivity contribution >= 4 is 29.1 Å². The summed E-state index contributed by atoms with van der Waals surface area (Å²) in [6.45, 7) is 2.41. The smallest absolute Gasteiger partial charge is 0.266 e. The van der Waals surface area contributed by atoms with Gasteiger partial charge in [0.25, 0.3) is 11.5 Å². The molecule has 0 saturated heterocycles. The number of hydrogen-bond acceptors (Lipinski definition) is 5. The summed E-state index contributed by atoms with van der Waals surface area (Å²) in [4.78, 5) is 24.2. The van der Waals surface area contributed by atoms with E-state index >= 15 is 0 Å². The van der Waals surface area contributed by atoms with Crippen LogP contribution in [0.3, 0.4) is 0 Å². The Morgan fingerprint density at radius 1 is 1.09 bits per heavy atom. The fourth-order valence-electron chi connectivity index (χ4n) is 2.81. The lowest BCUT2D eigenvalue weighted by atomic mass is 10.1. The largest absolute Gasteiger partial charge is 0.494 e. The van der Waals surface area contributed by atoms with Gasteiger partial charge in [-0.25, -0.2) is 9.07 Å². The van der Waals surface area contributed by atoms with Crippen molar-refractivity contribution in [2.24, 2.45) is 0 Å². The van der Waals surface area contributed by atoms with Gasteiger partial charge in [-0.15, -0.1) is 0 Å². The number of hydrogen-bond donors (Lipinski definition) is 1. The van der Waals surface area contributed by atoms with Crippen molar-refractivity contribution in [1.82, 2.24) is 15.1 Å². The zero-order chi connectivity index (χ0) is 23.1. The van der Waals surface area contributed by atoms with E-state index in [9.17, 15) is 14.0 Å². The molecule has 3 rings (SSSR count). The Hall–Kier alpha value is -3.10. The van der Waals surface area contributed by atoms with Gasteiger partial charge in [0.1, 0.15) is 11.6 Å². The van der Waals surface area contributed by atoms with E-state index in [0.29, 0.717) is 12.3 Å². The molecule has 2 aromatic carbocycles. The third-order valence-electron chi connectivity index (χ3n) is 4.28. The maximum absolute atomic E-state index is 13.2. The van der Waals surface area contributed by atoms with Crippen LogP contribution in [0.5, 0.6) is 11.5 Å². The van der Waals surface area contributed by atoms with Crippen molar-refractivity contribution in [1.29, 1.82) is 0 Å². The molecule has 0 spiro atoms. The zero-order valence-corrected chi connectivity index (χ0v) is 18.6. The minimum atomic E-state index is -0.609.